The molecule has 1 rings (SSSR count). The second-order valence-corrected chi connectivity index (χ2v) is 3.41. The second kappa shape index (κ2) is 5.72. The molecule has 1 amide bonds. The van der Waals surface area contributed by atoms with Crippen molar-refractivity contribution in [3.05, 3.63) is 22.4 Å². The minimum atomic E-state index is -0.444. The Bertz CT molecular complexity index is 274. The van der Waals surface area contributed by atoms with E-state index in [4.69, 9.17) is 5.73 Å². The molecule has 2 N–H and O–H groups in total. The summed E-state index contributed by atoms with van der Waals surface area (Å²) in [5, 5.41) is 1.87. The highest BCUT2D eigenvalue weighted by atomic mass is 35.5. The predicted molar refractivity (Wildman–Crippen MR) is 54.2 cm³/mol. The zero-order chi connectivity index (χ0) is 8.97. The van der Waals surface area contributed by atoms with Crippen LogP contribution in [0.5, 0.6) is 0 Å². The van der Waals surface area contributed by atoms with Gasteiger partial charge in [0.15, 0.2) is 0 Å². The normalized spacial score (nSPS) is 11.4. The van der Waals surface area contributed by atoms with Gasteiger partial charge >= 0.3 is 0 Å². The molecule has 0 fully saturated rings. The van der Waals surface area contributed by atoms with E-state index in [1.165, 1.54) is 11.3 Å². The third-order valence-electron chi connectivity index (χ3n) is 1.49. The fourth-order valence-electron chi connectivity index (χ4n) is 0.935. The highest BCUT2D eigenvalue weighted by Gasteiger charge is 2.13. The van der Waals surface area contributed by atoms with Gasteiger partial charge in [0.2, 0.25) is 5.91 Å². The van der Waals surface area contributed by atoms with E-state index in [0.717, 1.165) is 11.2 Å². The third-order valence-corrected chi connectivity index (χ3v) is 2.50. The first-order valence-electron chi connectivity index (χ1n) is 3.51. The van der Waals surface area contributed by atoms with Crippen LogP contribution in [0.1, 0.15) is 17.2 Å². The Kier molecular flexibility index (Phi) is 5.34. The van der Waals surface area contributed by atoms with Gasteiger partial charge in [-0.3, -0.25) is 4.79 Å². The Balaban J connectivity index is 0.00000144. The van der Waals surface area contributed by atoms with Crippen molar-refractivity contribution >= 4 is 35.9 Å². The highest BCUT2D eigenvalue weighted by molar-refractivity contribution is 7.10. The largest absolute Gasteiger partial charge is 0.370 e. The van der Waals surface area contributed by atoms with Gasteiger partial charge in [-0.15, -0.1) is 23.7 Å². The van der Waals surface area contributed by atoms with Crippen molar-refractivity contribution in [1.29, 1.82) is 0 Å². The SMILES string of the molecule is Cl.NC(=O)CC(C=O)c1cccs1. The summed E-state index contributed by atoms with van der Waals surface area (Å²) in [6, 6.07) is 3.67. The fourth-order valence-corrected chi connectivity index (χ4v) is 1.72. The van der Waals surface area contributed by atoms with Crippen LogP contribution in [0, 0.1) is 0 Å². The third kappa shape index (κ3) is 3.57. The lowest BCUT2D eigenvalue weighted by Gasteiger charge is -2.03. The highest BCUT2D eigenvalue weighted by Crippen LogP contribution is 2.21. The summed E-state index contributed by atoms with van der Waals surface area (Å²) < 4.78 is 0. The topological polar surface area (TPSA) is 60.2 Å². The van der Waals surface area contributed by atoms with Gasteiger partial charge in [-0.25, -0.2) is 0 Å². The molecule has 0 radical (unpaired) electrons. The monoisotopic (exact) mass is 219 g/mol. The zero-order valence-electron chi connectivity index (χ0n) is 6.80. The number of hydrogen-bond acceptors (Lipinski definition) is 3. The number of thiophene rings is 1. The molecular weight excluding hydrogens is 210 g/mol. The Morgan fingerprint density at radius 2 is 2.38 bits per heavy atom. The van der Waals surface area contributed by atoms with E-state index in [-0.39, 0.29) is 24.7 Å². The first-order valence-corrected chi connectivity index (χ1v) is 4.39. The van der Waals surface area contributed by atoms with Crippen molar-refractivity contribution in [2.75, 3.05) is 0 Å². The molecular formula is C8H10ClNO2S. The smallest absolute Gasteiger partial charge is 0.218 e. The van der Waals surface area contributed by atoms with Crippen molar-refractivity contribution in [2.45, 2.75) is 12.3 Å². The van der Waals surface area contributed by atoms with Crippen molar-refractivity contribution in [3.8, 4) is 0 Å². The summed E-state index contributed by atoms with van der Waals surface area (Å²) in [5.41, 5.74) is 4.98. The van der Waals surface area contributed by atoms with E-state index in [9.17, 15) is 9.59 Å². The number of carbonyl (C=O) groups is 2. The summed E-state index contributed by atoms with van der Waals surface area (Å²) in [6.45, 7) is 0. The Labute approximate surface area is 86.3 Å². The zero-order valence-corrected chi connectivity index (χ0v) is 8.44. The van der Waals surface area contributed by atoms with E-state index >= 15 is 0 Å². The Morgan fingerprint density at radius 1 is 1.69 bits per heavy atom. The van der Waals surface area contributed by atoms with Crippen molar-refractivity contribution in [2.24, 2.45) is 5.73 Å². The minimum absolute atomic E-state index is 0. The number of carbonyl (C=O) groups excluding carboxylic acids is 2. The summed E-state index contributed by atoms with van der Waals surface area (Å²) in [4.78, 5) is 22.0. The van der Waals surface area contributed by atoms with Gasteiger partial charge in [0.1, 0.15) is 6.29 Å². The average Bonchev–Trinajstić information content (AvgIpc) is 2.51. The molecule has 1 atom stereocenters. The quantitative estimate of drug-likeness (QED) is 0.777. The molecule has 13 heavy (non-hydrogen) atoms. The molecule has 5 heteroatoms. The molecule has 0 saturated heterocycles. The van der Waals surface area contributed by atoms with Gasteiger partial charge in [-0.1, -0.05) is 6.07 Å². The number of amides is 1. The molecule has 72 valence electrons. The Hall–Kier alpha value is -0.870. The molecule has 0 aromatic carbocycles. The maximum absolute atomic E-state index is 10.5. The van der Waals surface area contributed by atoms with Gasteiger partial charge < -0.3 is 10.5 Å². The van der Waals surface area contributed by atoms with Gasteiger partial charge in [0.25, 0.3) is 0 Å². The summed E-state index contributed by atoms with van der Waals surface area (Å²) in [5.74, 6) is -0.803. The average molecular weight is 220 g/mol. The first kappa shape index (κ1) is 12.1. The van der Waals surface area contributed by atoms with E-state index in [2.05, 4.69) is 0 Å². The maximum atomic E-state index is 10.5. The molecule has 1 unspecified atom stereocenters. The van der Waals surface area contributed by atoms with Gasteiger partial charge in [-0.2, -0.15) is 0 Å². The van der Waals surface area contributed by atoms with Crippen LogP contribution in [0.2, 0.25) is 0 Å². The van der Waals surface area contributed by atoms with E-state index in [1.807, 2.05) is 17.5 Å². The molecule has 1 aromatic rings. The van der Waals surface area contributed by atoms with Crippen LogP contribution in [0.3, 0.4) is 0 Å². The molecule has 3 nitrogen and oxygen atoms in total. The predicted octanol–water partition coefficient (Wildman–Crippen LogP) is 1.33. The van der Waals surface area contributed by atoms with Crippen LogP contribution >= 0.6 is 23.7 Å². The van der Waals surface area contributed by atoms with E-state index in [1.54, 1.807) is 0 Å². The van der Waals surface area contributed by atoms with Crippen LogP contribution in [-0.4, -0.2) is 12.2 Å². The number of primary amides is 1. The lowest BCUT2D eigenvalue weighted by Crippen LogP contribution is -2.15. The number of nitrogens with two attached hydrogens (primary N) is 1. The standard InChI is InChI=1S/C8H9NO2S.ClH/c9-8(11)4-6(5-10)7-2-1-3-12-7;/h1-3,5-6H,4H2,(H2,9,11);1H. The number of hydrogen-bond donors (Lipinski definition) is 1. The summed E-state index contributed by atoms with van der Waals surface area (Å²) in [6.07, 6.45) is 0.862. The van der Waals surface area contributed by atoms with Crippen molar-refractivity contribution < 1.29 is 9.59 Å². The van der Waals surface area contributed by atoms with E-state index < -0.39 is 5.91 Å². The fraction of sp³-hybridized carbons (Fsp3) is 0.250. The van der Waals surface area contributed by atoms with Crippen molar-refractivity contribution in [1.82, 2.24) is 0 Å². The van der Waals surface area contributed by atoms with Crippen LogP contribution in [-0.2, 0) is 9.59 Å². The van der Waals surface area contributed by atoms with Crippen molar-refractivity contribution in [3.63, 3.8) is 0 Å². The van der Waals surface area contributed by atoms with Crippen LogP contribution in [0.15, 0.2) is 17.5 Å². The summed E-state index contributed by atoms with van der Waals surface area (Å²) >= 11 is 1.46. The summed E-state index contributed by atoms with van der Waals surface area (Å²) in [7, 11) is 0. The first-order chi connectivity index (χ1) is 5.74. The second-order valence-electron chi connectivity index (χ2n) is 2.43. The lowest BCUT2D eigenvalue weighted by molar-refractivity contribution is -0.120. The van der Waals surface area contributed by atoms with Crippen LogP contribution in [0.25, 0.3) is 0 Å². The number of rotatable bonds is 4. The molecule has 1 heterocycles. The molecule has 0 bridgehead atoms. The molecule has 0 aliphatic heterocycles. The van der Waals surface area contributed by atoms with E-state index in [0.29, 0.717) is 0 Å². The molecule has 0 spiro atoms. The minimum Gasteiger partial charge on any atom is -0.370 e. The number of halogens is 1. The lowest BCUT2D eigenvalue weighted by atomic mass is 10.1. The Morgan fingerprint density at radius 3 is 2.77 bits per heavy atom. The van der Waals surface area contributed by atoms with Crippen LogP contribution in [0.4, 0.5) is 0 Å². The maximum Gasteiger partial charge on any atom is 0.218 e. The number of aldehydes is 1. The molecule has 0 aliphatic carbocycles. The van der Waals surface area contributed by atoms with Gasteiger partial charge in [-0.05, 0) is 11.4 Å². The molecule has 1 aromatic heterocycles. The van der Waals surface area contributed by atoms with Crippen LogP contribution < -0.4 is 5.73 Å². The molecule has 0 saturated carbocycles. The molecule has 0 aliphatic rings. The van der Waals surface area contributed by atoms with Gasteiger partial charge in [0.05, 0.1) is 5.92 Å². The van der Waals surface area contributed by atoms with Gasteiger partial charge in [0, 0.05) is 11.3 Å².